The molecule has 2 rings (SSSR count). The molecule has 2 aromatic rings. The Bertz CT molecular complexity index is 570. The Balaban J connectivity index is 2.16. The van der Waals surface area contributed by atoms with E-state index in [0.29, 0.717) is 6.61 Å². The molecule has 0 aliphatic carbocycles. The first-order chi connectivity index (χ1) is 8.81. The van der Waals surface area contributed by atoms with E-state index in [4.69, 9.17) is 4.74 Å². The number of carbonyl (C=O) groups is 1. The summed E-state index contributed by atoms with van der Waals surface area (Å²) in [7, 11) is 0. The van der Waals surface area contributed by atoms with Gasteiger partial charge in [-0.1, -0.05) is 36.4 Å². The third-order valence-electron chi connectivity index (χ3n) is 2.55. The first kappa shape index (κ1) is 12.3. The summed E-state index contributed by atoms with van der Waals surface area (Å²) in [6.45, 7) is 2.22. The average molecular weight is 241 g/mol. The molecule has 0 bridgehead atoms. The van der Waals surface area contributed by atoms with Crippen LogP contribution in [0.4, 0.5) is 0 Å². The van der Waals surface area contributed by atoms with E-state index in [-0.39, 0.29) is 12.4 Å². The molecule has 0 amide bonds. The lowest BCUT2D eigenvalue weighted by atomic mass is 10.1. The predicted octanol–water partition coefficient (Wildman–Crippen LogP) is 3.20. The van der Waals surface area contributed by atoms with Gasteiger partial charge in [-0.05, 0) is 13.0 Å². The lowest BCUT2D eigenvalue weighted by Gasteiger charge is -2.00. The Morgan fingerprint density at radius 2 is 2.17 bits per heavy atom. The third-order valence-corrected chi connectivity index (χ3v) is 2.55. The molecule has 3 heteroatoms. The predicted molar refractivity (Wildman–Crippen MR) is 72.0 cm³/mol. The summed E-state index contributed by atoms with van der Waals surface area (Å²) in [5, 5.41) is 1.09. The molecule has 1 aromatic carbocycles. The highest BCUT2D eigenvalue weighted by atomic mass is 16.5. The van der Waals surface area contributed by atoms with E-state index in [1.54, 1.807) is 19.2 Å². The van der Waals surface area contributed by atoms with Gasteiger partial charge in [-0.15, -0.1) is 0 Å². The van der Waals surface area contributed by atoms with Gasteiger partial charge in [0.25, 0.3) is 0 Å². The zero-order valence-corrected chi connectivity index (χ0v) is 10.3. The molecule has 3 nitrogen and oxygen atoms in total. The van der Waals surface area contributed by atoms with Crippen molar-refractivity contribution in [2.75, 3.05) is 6.61 Å². The van der Waals surface area contributed by atoms with E-state index in [9.17, 15) is 4.79 Å². The van der Waals surface area contributed by atoms with Crippen LogP contribution < -0.4 is 0 Å². The Kier molecular flexibility index (Phi) is 4.07. The molecule has 1 heterocycles. The summed E-state index contributed by atoms with van der Waals surface area (Å²) < 4.78 is 4.86. The second kappa shape index (κ2) is 5.96. The van der Waals surface area contributed by atoms with Gasteiger partial charge in [-0.25, -0.2) is 0 Å². The van der Waals surface area contributed by atoms with Crippen molar-refractivity contribution in [2.45, 2.75) is 13.3 Å². The molecule has 0 atom stereocenters. The van der Waals surface area contributed by atoms with Crippen molar-refractivity contribution in [3.8, 4) is 0 Å². The van der Waals surface area contributed by atoms with Gasteiger partial charge in [0.2, 0.25) is 0 Å². The number of ether oxygens (including phenoxy) is 1. The molecule has 18 heavy (non-hydrogen) atoms. The molecule has 0 N–H and O–H groups in total. The van der Waals surface area contributed by atoms with Crippen LogP contribution in [0.25, 0.3) is 17.0 Å². The molecule has 0 fully saturated rings. The highest BCUT2D eigenvalue weighted by Gasteiger charge is 1.99. The van der Waals surface area contributed by atoms with Crippen LogP contribution in [-0.2, 0) is 9.53 Å². The van der Waals surface area contributed by atoms with Crippen molar-refractivity contribution in [1.29, 1.82) is 0 Å². The third kappa shape index (κ3) is 2.94. The Morgan fingerprint density at radius 3 is 3.00 bits per heavy atom. The van der Waals surface area contributed by atoms with Gasteiger partial charge in [-0.2, -0.15) is 0 Å². The van der Waals surface area contributed by atoms with E-state index in [1.807, 2.05) is 36.4 Å². The summed E-state index contributed by atoms with van der Waals surface area (Å²) in [6.07, 6.45) is 5.77. The highest BCUT2D eigenvalue weighted by Crippen LogP contribution is 2.17. The normalized spacial score (nSPS) is 10.9. The molecular weight excluding hydrogens is 226 g/mol. The van der Waals surface area contributed by atoms with Crippen LogP contribution in [-0.4, -0.2) is 17.6 Å². The molecule has 1 aromatic heterocycles. The van der Waals surface area contributed by atoms with E-state index in [2.05, 4.69) is 4.98 Å². The monoisotopic (exact) mass is 241 g/mol. The number of esters is 1. The SMILES string of the molecule is CCOC(=O)CC=Cc1cccc2cccnc12. The standard InChI is InChI=1S/C15H15NO2/c1-2-18-14(17)10-4-8-12-6-3-7-13-9-5-11-16-15(12)13/h3-9,11H,2,10H2,1H3. The van der Waals surface area contributed by atoms with Crippen LogP contribution >= 0.6 is 0 Å². The van der Waals surface area contributed by atoms with Crippen LogP contribution in [0.1, 0.15) is 18.9 Å². The van der Waals surface area contributed by atoms with Crippen molar-refractivity contribution in [3.05, 3.63) is 48.2 Å². The first-order valence-corrected chi connectivity index (χ1v) is 5.97. The molecule has 0 unspecified atom stereocenters. The van der Waals surface area contributed by atoms with Crippen molar-refractivity contribution < 1.29 is 9.53 Å². The number of para-hydroxylation sites is 1. The van der Waals surface area contributed by atoms with Crippen LogP contribution in [0.5, 0.6) is 0 Å². The molecular formula is C15H15NO2. The maximum absolute atomic E-state index is 11.2. The summed E-state index contributed by atoms with van der Waals surface area (Å²) in [5.41, 5.74) is 1.96. The van der Waals surface area contributed by atoms with Gasteiger partial charge in [0, 0.05) is 17.1 Å². The van der Waals surface area contributed by atoms with Gasteiger partial charge >= 0.3 is 5.97 Å². The number of fused-ring (bicyclic) bond motifs is 1. The summed E-state index contributed by atoms with van der Waals surface area (Å²) in [5.74, 6) is -0.207. The Morgan fingerprint density at radius 1 is 1.33 bits per heavy atom. The minimum absolute atomic E-state index is 0.207. The molecule has 0 spiro atoms. The minimum atomic E-state index is -0.207. The second-order valence-corrected chi connectivity index (χ2v) is 3.83. The number of rotatable bonds is 4. The molecule has 92 valence electrons. The maximum atomic E-state index is 11.2. The van der Waals surface area contributed by atoms with Crippen LogP contribution in [0.3, 0.4) is 0 Å². The number of pyridine rings is 1. The zero-order valence-electron chi connectivity index (χ0n) is 10.3. The number of nitrogens with zero attached hydrogens (tertiary/aromatic N) is 1. The molecule has 0 saturated carbocycles. The van der Waals surface area contributed by atoms with Gasteiger partial charge < -0.3 is 4.74 Å². The Hall–Kier alpha value is -2.16. The molecule has 0 radical (unpaired) electrons. The van der Waals surface area contributed by atoms with Gasteiger partial charge in [0.15, 0.2) is 0 Å². The van der Waals surface area contributed by atoms with E-state index >= 15 is 0 Å². The van der Waals surface area contributed by atoms with Crippen LogP contribution in [0, 0.1) is 0 Å². The van der Waals surface area contributed by atoms with E-state index in [1.165, 1.54) is 0 Å². The number of hydrogen-bond acceptors (Lipinski definition) is 3. The van der Waals surface area contributed by atoms with Crippen molar-refractivity contribution >= 4 is 22.9 Å². The van der Waals surface area contributed by atoms with Gasteiger partial charge in [-0.3, -0.25) is 9.78 Å². The largest absolute Gasteiger partial charge is 0.466 e. The quantitative estimate of drug-likeness (QED) is 0.771. The summed E-state index contributed by atoms with van der Waals surface area (Å²) in [6, 6.07) is 9.91. The molecule has 0 saturated heterocycles. The van der Waals surface area contributed by atoms with Gasteiger partial charge in [0.1, 0.15) is 0 Å². The number of aromatic nitrogens is 1. The molecule has 0 aliphatic heterocycles. The summed E-state index contributed by atoms with van der Waals surface area (Å²) in [4.78, 5) is 15.6. The smallest absolute Gasteiger partial charge is 0.309 e. The fraction of sp³-hybridized carbons (Fsp3) is 0.200. The van der Waals surface area contributed by atoms with Crippen LogP contribution in [0.15, 0.2) is 42.6 Å². The zero-order chi connectivity index (χ0) is 12.8. The summed E-state index contributed by atoms with van der Waals surface area (Å²) >= 11 is 0. The fourth-order valence-corrected chi connectivity index (χ4v) is 1.76. The average Bonchev–Trinajstić information content (AvgIpc) is 2.39. The van der Waals surface area contributed by atoms with Crippen LogP contribution in [0.2, 0.25) is 0 Å². The molecule has 0 aliphatic rings. The van der Waals surface area contributed by atoms with E-state index in [0.717, 1.165) is 16.5 Å². The topological polar surface area (TPSA) is 39.2 Å². The van der Waals surface area contributed by atoms with E-state index < -0.39 is 0 Å². The highest BCUT2D eigenvalue weighted by molar-refractivity contribution is 5.87. The Labute approximate surface area is 106 Å². The lowest BCUT2D eigenvalue weighted by molar-refractivity contribution is -0.142. The van der Waals surface area contributed by atoms with Crippen molar-refractivity contribution in [3.63, 3.8) is 0 Å². The number of benzene rings is 1. The van der Waals surface area contributed by atoms with Crippen molar-refractivity contribution in [1.82, 2.24) is 4.98 Å². The van der Waals surface area contributed by atoms with Crippen molar-refractivity contribution in [2.24, 2.45) is 0 Å². The fourth-order valence-electron chi connectivity index (χ4n) is 1.76. The number of hydrogen-bond donors (Lipinski definition) is 0. The minimum Gasteiger partial charge on any atom is -0.466 e. The first-order valence-electron chi connectivity index (χ1n) is 5.97. The number of carbonyl (C=O) groups excluding carboxylic acids is 1. The second-order valence-electron chi connectivity index (χ2n) is 3.83. The van der Waals surface area contributed by atoms with Gasteiger partial charge in [0.05, 0.1) is 18.5 Å². The maximum Gasteiger partial charge on any atom is 0.309 e. The lowest BCUT2D eigenvalue weighted by Crippen LogP contribution is -2.01.